The molecular weight excluding hydrogens is 222 g/mol. The van der Waals surface area contributed by atoms with Crippen molar-refractivity contribution in [1.82, 2.24) is 9.97 Å². The molecule has 0 saturated heterocycles. The van der Waals surface area contributed by atoms with Crippen LogP contribution < -0.4 is 5.32 Å². The van der Waals surface area contributed by atoms with Gasteiger partial charge in [0.1, 0.15) is 0 Å². The third-order valence-electron chi connectivity index (χ3n) is 2.76. The fraction of sp³-hybridized carbons (Fsp3) is 0. The molecule has 2 aromatic carbocycles. The molecule has 3 aromatic rings. The lowest BCUT2D eigenvalue weighted by Gasteiger charge is -2.10. The quantitative estimate of drug-likeness (QED) is 0.724. The van der Waals surface area contributed by atoms with Crippen molar-refractivity contribution < 1.29 is 0 Å². The van der Waals surface area contributed by atoms with Gasteiger partial charge < -0.3 is 10.3 Å². The van der Waals surface area contributed by atoms with Crippen LogP contribution in [0.1, 0.15) is 0 Å². The molecule has 3 rings (SSSR count). The average molecular weight is 235 g/mol. The van der Waals surface area contributed by atoms with Gasteiger partial charge in [-0.05, 0) is 11.6 Å². The minimum absolute atomic E-state index is 0.749. The fourth-order valence-corrected chi connectivity index (χ4v) is 1.92. The number of imidazole rings is 1. The minimum atomic E-state index is 0.749. The van der Waals surface area contributed by atoms with Crippen molar-refractivity contribution in [3.8, 4) is 11.1 Å². The average Bonchev–Trinajstić information content (AvgIpc) is 2.93. The third kappa shape index (κ3) is 2.11. The van der Waals surface area contributed by atoms with E-state index in [1.807, 2.05) is 36.4 Å². The molecule has 0 unspecified atom stereocenters. The zero-order chi connectivity index (χ0) is 12.2. The Labute approximate surface area is 106 Å². The molecule has 0 saturated carbocycles. The van der Waals surface area contributed by atoms with Gasteiger partial charge in [-0.15, -0.1) is 0 Å². The van der Waals surface area contributed by atoms with Gasteiger partial charge in [0.05, 0.1) is 0 Å². The molecule has 3 nitrogen and oxygen atoms in total. The van der Waals surface area contributed by atoms with Crippen LogP contribution in [0.5, 0.6) is 0 Å². The van der Waals surface area contributed by atoms with Crippen molar-refractivity contribution in [2.75, 3.05) is 5.32 Å². The highest BCUT2D eigenvalue weighted by Crippen LogP contribution is 2.28. The monoisotopic (exact) mass is 235 g/mol. The topological polar surface area (TPSA) is 40.7 Å². The zero-order valence-electron chi connectivity index (χ0n) is 9.80. The SMILES string of the molecule is c1ccc(-c2ccccc2Nc2ncc[nH]2)cc1. The predicted octanol–water partition coefficient (Wildman–Crippen LogP) is 3.82. The number of para-hydroxylation sites is 1. The van der Waals surface area contributed by atoms with E-state index in [-0.39, 0.29) is 0 Å². The molecule has 0 amide bonds. The number of nitrogens with zero attached hydrogens (tertiary/aromatic N) is 1. The lowest BCUT2D eigenvalue weighted by atomic mass is 10.0. The fourth-order valence-electron chi connectivity index (χ4n) is 1.92. The van der Waals surface area contributed by atoms with Gasteiger partial charge in [0.15, 0.2) is 0 Å². The van der Waals surface area contributed by atoms with E-state index < -0.39 is 0 Å². The van der Waals surface area contributed by atoms with Crippen molar-refractivity contribution in [2.45, 2.75) is 0 Å². The summed E-state index contributed by atoms with van der Waals surface area (Å²) in [4.78, 5) is 7.22. The van der Waals surface area contributed by atoms with Crippen molar-refractivity contribution in [2.24, 2.45) is 0 Å². The third-order valence-corrected chi connectivity index (χ3v) is 2.76. The van der Waals surface area contributed by atoms with Crippen LogP contribution in [-0.4, -0.2) is 9.97 Å². The van der Waals surface area contributed by atoms with Gasteiger partial charge in [0.2, 0.25) is 5.95 Å². The molecular formula is C15H13N3. The van der Waals surface area contributed by atoms with E-state index in [0.29, 0.717) is 0 Å². The molecule has 18 heavy (non-hydrogen) atoms. The molecule has 2 N–H and O–H groups in total. The molecule has 0 bridgehead atoms. The first-order valence-electron chi connectivity index (χ1n) is 5.84. The summed E-state index contributed by atoms with van der Waals surface area (Å²) in [7, 11) is 0. The Bertz CT molecular complexity index is 615. The summed E-state index contributed by atoms with van der Waals surface area (Å²) in [5.74, 6) is 0.749. The van der Waals surface area contributed by atoms with E-state index in [2.05, 4.69) is 33.5 Å². The Morgan fingerprint density at radius 1 is 0.889 bits per heavy atom. The Morgan fingerprint density at radius 3 is 2.44 bits per heavy atom. The van der Waals surface area contributed by atoms with Gasteiger partial charge in [-0.25, -0.2) is 4.98 Å². The Morgan fingerprint density at radius 2 is 1.67 bits per heavy atom. The second-order valence-electron chi connectivity index (χ2n) is 3.97. The standard InChI is InChI=1S/C15H13N3/c1-2-6-12(7-3-1)13-8-4-5-9-14(13)18-15-16-10-11-17-15/h1-11H,(H2,16,17,18). The molecule has 0 aliphatic carbocycles. The number of hydrogen-bond acceptors (Lipinski definition) is 2. The molecule has 3 heteroatoms. The number of nitrogens with one attached hydrogen (secondary N) is 2. The van der Waals surface area contributed by atoms with Crippen LogP contribution in [0.25, 0.3) is 11.1 Å². The Balaban J connectivity index is 2.00. The van der Waals surface area contributed by atoms with Gasteiger partial charge in [0, 0.05) is 23.6 Å². The van der Waals surface area contributed by atoms with Crippen LogP contribution in [0.4, 0.5) is 11.6 Å². The van der Waals surface area contributed by atoms with Crippen LogP contribution >= 0.6 is 0 Å². The maximum atomic E-state index is 4.18. The van der Waals surface area contributed by atoms with E-state index in [9.17, 15) is 0 Å². The summed E-state index contributed by atoms with van der Waals surface area (Å²) in [5.41, 5.74) is 3.39. The predicted molar refractivity (Wildman–Crippen MR) is 73.7 cm³/mol. The first-order chi connectivity index (χ1) is 8.93. The molecule has 1 aromatic heterocycles. The lowest BCUT2D eigenvalue weighted by molar-refractivity contribution is 1.29. The molecule has 0 spiro atoms. The molecule has 0 radical (unpaired) electrons. The first kappa shape index (κ1) is 10.6. The summed E-state index contributed by atoms with van der Waals surface area (Å²) < 4.78 is 0. The number of anilines is 2. The first-order valence-corrected chi connectivity index (χ1v) is 5.84. The summed E-state index contributed by atoms with van der Waals surface area (Å²) in [6, 6.07) is 18.5. The van der Waals surface area contributed by atoms with Gasteiger partial charge >= 0.3 is 0 Å². The Kier molecular flexibility index (Phi) is 2.80. The van der Waals surface area contributed by atoms with E-state index in [4.69, 9.17) is 0 Å². The summed E-state index contributed by atoms with van der Waals surface area (Å²) in [5, 5.41) is 3.28. The van der Waals surface area contributed by atoms with Gasteiger partial charge in [-0.2, -0.15) is 0 Å². The molecule has 0 aliphatic heterocycles. The number of benzene rings is 2. The van der Waals surface area contributed by atoms with Crippen molar-refractivity contribution in [1.29, 1.82) is 0 Å². The van der Waals surface area contributed by atoms with Crippen LogP contribution in [0.2, 0.25) is 0 Å². The second-order valence-corrected chi connectivity index (χ2v) is 3.97. The van der Waals surface area contributed by atoms with E-state index in [1.54, 1.807) is 12.4 Å². The Hall–Kier alpha value is -2.55. The number of aromatic amines is 1. The lowest BCUT2D eigenvalue weighted by Crippen LogP contribution is -1.94. The number of hydrogen-bond donors (Lipinski definition) is 2. The highest BCUT2D eigenvalue weighted by Gasteiger charge is 2.04. The zero-order valence-corrected chi connectivity index (χ0v) is 9.80. The van der Waals surface area contributed by atoms with Crippen molar-refractivity contribution in [3.63, 3.8) is 0 Å². The molecule has 1 heterocycles. The maximum absolute atomic E-state index is 4.18. The van der Waals surface area contributed by atoms with Crippen LogP contribution in [0.15, 0.2) is 67.0 Å². The maximum Gasteiger partial charge on any atom is 0.204 e. The highest BCUT2D eigenvalue weighted by atomic mass is 15.1. The summed E-state index contributed by atoms with van der Waals surface area (Å²) in [6.07, 6.45) is 3.53. The minimum Gasteiger partial charge on any atom is -0.331 e. The summed E-state index contributed by atoms with van der Waals surface area (Å²) in [6.45, 7) is 0. The van der Waals surface area contributed by atoms with Gasteiger partial charge in [-0.1, -0.05) is 48.5 Å². The molecule has 88 valence electrons. The number of aromatic nitrogens is 2. The normalized spacial score (nSPS) is 10.2. The molecule has 0 aliphatic rings. The van der Waals surface area contributed by atoms with Gasteiger partial charge in [-0.3, -0.25) is 0 Å². The van der Waals surface area contributed by atoms with E-state index in [0.717, 1.165) is 17.2 Å². The van der Waals surface area contributed by atoms with Crippen LogP contribution in [-0.2, 0) is 0 Å². The smallest absolute Gasteiger partial charge is 0.204 e. The highest BCUT2D eigenvalue weighted by molar-refractivity contribution is 5.79. The molecule has 0 atom stereocenters. The van der Waals surface area contributed by atoms with E-state index >= 15 is 0 Å². The number of rotatable bonds is 3. The largest absolute Gasteiger partial charge is 0.331 e. The summed E-state index contributed by atoms with van der Waals surface area (Å²) >= 11 is 0. The van der Waals surface area contributed by atoms with Gasteiger partial charge in [0.25, 0.3) is 0 Å². The van der Waals surface area contributed by atoms with Crippen molar-refractivity contribution >= 4 is 11.6 Å². The van der Waals surface area contributed by atoms with E-state index in [1.165, 1.54) is 5.56 Å². The molecule has 0 fully saturated rings. The number of H-pyrrole nitrogens is 1. The second kappa shape index (κ2) is 4.75. The van der Waals surface area contributed by atoms with Crippen LogP contribution in [0.3, 0.4) is 0 Å². The van der Waals surface area contributed by atoms with Crippen molar-refractivity contribution in [3.05, 3.63) is 67.0 Å². The van der Waals surface area contributed by atoms with Crippen LogP contribution in [0, 0.1) is 0 Å².